The first-order valence-corrected chi connectivity index (χ1v) is 15.7. The molecular weight excluding hydrogens is 565 g/mol. The molecule has 3 amide bonds. The normalized spacial score (nSPS) is 18.1. The van der Waals surface area contributed by atoms with Gasteiger partial charge in [0.25, 0.3) is 11.8 Å². The number of amides is 3. The number of nitrogens with zero attached hydrogens (tertiary/aromatic N) is 4. The molecule has 0 aliphatic carbocycles. The largest absolute Gasteiger partial charge is 0.449 e. The van der Waals surface area contributed by atoms with Gasteiger partial charge in [0.1, 0.15) is 5.69 Å². The van der Waals surface area contributed by atoms with Crippen molar-refractivity contribution in [1.29, 1.82) is 0 Å². The van der Waals surface area contributed by atoms with E-state index in [-0.39, 0.29) is 38.0 Å². The summed E-state index contributed by atoms with van der Waals surface area (Å²) in [4.78, 5) is 68.3. The molecule has 14 heteroatoms. The van der Waals surface area contributed by atoms with Gasteiger partial charge in [-0.1, -0.05) is 43.7 Å². The van der Waals surface area contributed by atoms with Gasteiger partial charge in [-0.05, 0) is 25.0 Å². The Morgan fingerprint density at radius 3 is 2.38 bits per heavy atom. The number of anilines is 1. The maximum absolute atomic E-state index is 13.4. The van der Waals surface area contributed by atoms with Gasteiger partial charge in [0.2, 0.25) is 5.78 Å². The minimum atomic E-state index is -5.12. The molecule has 0 spiro atoms. The van der Waals surface area contributed by atoms with E-state index in [0.29, 0.717) is 31.1 Å². The highest BCUT2D eigenvalue weighted by atomic mass is 31.2. The van der Waals surface area contributed by atoms with Gasteiger partial charge in [-0.3, -0.25) is 14.2 Å². The number of aromatic nitrogens is 1. The summed E-state index contributed by atoms with van der Waals surface area (Å²) in [7, 11) is -3.48. The molecule has 0 saturated carbocycles. The number of methoxy groups -OCH3 is 1. The molecule has 2 unspecified atom stereocenters. The lowest BCUT2D eigenvalue weighted by molar-refractivity contribution is -0.133. The minimum Gasteiger partial charge on any atom is -0.449 e. The van der Waals surface area contributed by atoms with Crippen LogP contribution in [0.4, 0.5) is 10.5 Å². The van der Waals surface area contributed by atoms with Crippen LogP contribution in [-0.4, -0.2) is 107 Å². The first kappa shape index (κ1) is 31.4. The van der Waals surface area contributed by atoms with Crippen molar-refractivity contribution < 1.29 is 38.2 Å². The quantitative estimate of drug-likeness (QED) is 0.271. The smallest absolute Gasteiger partial charge is 0.409 e. The van der Waals surface area contributed by atoms with Gasteiger partial charge in [-0.15, -0.1) is 0 Å². The van der Waals surface area contributed by atoms with E-state index in [1.165, 1.54) is 9.80 Å². The Hall–Kier alpha value is -3.51. The third kappa shape index (κ3) is 7.86. The van der Waals surface area contributed by atoms with Crippen molar-refractivity contribution >= 4 is 31.2 Å². The van der Waals surface area contributed by atoms with Crippen molar-refractivity contribution in [1.82, 2.24) is 20.1 Å². The van der Waals surface area contributed by atoms with Crippen LogP contribution in [0.3, 0.4) is 0 Å². The Bertz CT molecular complexity index is 1300. The Morgan fingerprint density at radius 2 is 1.76 bits per heavy atom. The van der Waals surface area contributed by atoms with Crippen LogP contribution in [-0.2, 0) is 18.8 Å². The predicted octanol–water partition coefficient (Wildman–Crippen LogP) is 2.29. The number of unbranched alkanes of at least 4 members (excludes halogenated alkanes) is 1. The molecule has 13 nitrogen and oxygen atoms in total. The number of carbonyl (C=O) groups is 3. The molecule has 1 aromatic carbocycles. The molecule has 2 fully saturated rings. The van der Waals surface area contributed by atoms with E-state index in [9.17, 15) is 28.7 Å². The highest BCUT2D eigenvalue weighted by Gasteiger charge is 2.41. The van der Waals surface area contributed by atoms with Crippen molar-refractivity contribution in [3.63, 3.8) is 0 Å². The number of ether oxygens (including phenoxy) is 2. The van der Waals surface area contributed by atoms with Crippen molar-refractivity contribution in [3.8, 4) is 11.3 Å². The van der Waals surface area contributed by atoms with Crippen LogP contribution < -0.4 is 10.2 Å². The van der Waals surface area contributed by atoms with Crippen molar-refractivity contribution in [2.75, 3.05) is 57.9 Å². The summed E-state index contributed by atoms with van der Waals surface area (Å²) in [5, 5.41) is 2.25. The summed E-state index contributed by atoms with van der Waals surface area (Å²) < 4.78 is 23.1. The van der Waals surface area contributed by atoms with Gasteiger partial charge < -0.3 is 39.3 Å². The number of hydrogen-bond donors (Lipinski definition) is 3. The molecule has 1 aromatic heterocycles. The lowest BCUT2D eigenvalue weighted by Gasteiger charge is -2.36. The van der Waals surface area contributed by atoms with Crippen LogP contribution in [0.5, 0.6) is 0 Å². The van der Waals surface area contributed by atoms with Crippen molar-refractivity contribution in [2.45, 2.75) is 38.1 Å². The Labute approximate surface area is 244 Å². The highest BCUT2D eigenvalue weighted by Crippen LogP contribution is 2.41. The number of rotatable bonds is 10. The van der Waals surface area contributed by atoms with Crippen molar-refractivity contribution in [3.05, 3.63) is 48.2 Å². The Morgan fingerprint density at radius 1 is 1.07 bits per heavy atom. The standard InChI is InChI=1S/C28H38N5O8P/c1-3-4-16-41-28(36)32-14-12-31(13-15-32)27(35)26(42(37,38)39)30-25(34)24-18-21(33-11-10-22(19-33)40-2)17-23(29-24)20-8-6-5-7-9-20/h5-9,17-18,22,26H,3-4,10-16,19H2,1-2H3,(H,30,34)(H2,37,38,39). The molecule has 2 aromatic rings. The summed E-state index contributed by atoms with van der Waals surface area (Å²) in [6.07, 6.45) is 1.96. The second kappa shape index (κ2) is 14.1. The van der Waals surface area contributed by atoms with E-state index in [1.807, 2.05) is 43.3 Å². The van der Waals surface area contributed by atoms with Crippen LogP contribution >= 0.6 is 7.60 Å². The molecule has 2 aliphatic heterocycles. The first-order chi connectivity index (χ1) is 20.1. The van der Waals surface area contributed by atoms with E-state index in [1.54, 1.807) is 13.2 Å². The third-order valence-corrected chi connectivity index (χ3v) is 8.39. The monoisotopic (exact) mass is 603 g/mol. The topological polar surface area (TPSA) is 162 Å². The highest BCUT2D eigenvalue weighted by molar-refractivity contribution is 7.53. The predicted molar refractivity (Wildman–Crippen MR) is 155 cm³/mol. The van der Waals surface area contributed by atoms with E-state index in [4.69, 9.17) is 9.47 Å². The molecular formula is C28H38N5O8P. The maximum atomic E-state index is 13.4. The maximum Gasteiger partial charge on any atom is 0.409 e. The average molecular weight is 604 g/mol. The van der Waals surface area contributed by atoms with Gasteiger partial charge in [-0.2, -0.15) is 0 Å². The summed E-state index contributed by atoms with van der Waals surface area (Å²) in [6.45, 7) is 3.94. The third-order valence-electron chi connectivity index (χ3n) is 7.37. The van der Waals surface area contributed by atoms with Crippen LogP contribution in [0.2, 0.25) is 0 Å². The molecule has 228 valence electrons. The molecule has 3 heterocycles. The van der Waals surface area contributed by atoms with Gasteiger partial charge in [0, 0.05) is 57.6 Å². The zero-order valence-corrected chi connectivity index (χ0v) is 24.7. The van der Waals surface area contributed by atoms with E-state index in [2.05, 4.69) is 15.2 Å². The second-order valence-electron chi connectivity index (χ2n) is 10.3. The summed E-state index contributed by atoms with van der Waals surface area (Å²) >= 11 is 0. The lowest BCUT2D eigenvalue weighted by atomic mass is 10.1. The SMILES string of the molecule is CCCCOC(=O)N1CCN(C(=O)C(NC(=O)c2cc(N3CCC(OC)C3)cc(-c3ccccc3)n2)P(=O)(O)O)CC1. The summed E-state index contributed by atoms with van der Waals surface area (Å²) in [5.41, 5.74) is 1.87. The molecule has 2 saturated heterocycles. The zero-order chi connectivity index (χ0) is 30.3. The number of hydrogen-bond acceptors (Lipinski definition) is 8. The van der Waals surface area contributed by atoms with Crippen LogP contribution in [0.25, 0.3) is 11.3 Å². The summed E-state index contributed by atoms with van der Waals surface area (Å²) in [5.74, 6) is -3.93. The fraction of sp³-hybridized carbons (Fsp3) is 0.500. The zero-order valence-electron chi connectivity index (χ0n) is 23.8. The van der Waals surface area contributed by atoms with Gasteiger partial charge in [0.05, 0.1) is 18.4 Å². The van der Waals surface area contributed by atoms with E-state index >= 15 is 0 Å². The van der Waals surface area contributed by atoms with E-state index < -0.39 is 31.3 Å². The molecule has 0 radical (unpaired) electrons. The van der Waals surface area contributed by atoms with Crippen LogP contribution in [0.15, 0.2) is 42.5 Å². The lowest BCUT2D eigenvalue weighted by Crippen LogP contribution is -2.55. The van der Waals surface area contributed by atoms with Gasteiger partial charge in [0.15, 0.2) is 0 Å². The number of piperazine rings is 1. The second-order valence-corrected chi connectivity index (χ2v) is 12.0. The van der Waals surface area contributed by atoms with E-state index in [0.717, 1.165) is 24.8 Å². The Balaban J connectivity index is 1.51. The van der Waals surface area contributed by atoms with Gasteiger partial charge >= 0.3 is 13.7 Å². The molecule has 2 atom stereocenters. The molecule has 3 N–H and O–H groups in total. The average Bonchev–Trinajstić information content (AvgIpc) is 3.49. The number of benzene rings is 1. The molecule has 2 aliphatic rings. The van der Waals surface area contributed by atoms with Crippen molar-refractivity contribution in [2.24, 2.45) is 0 Å². The summed E-state index contributed by atoms with van der Waals surface area (Å²) in [6, 6.07) is 12.6. The minimum absolute atomic E-state index is 0.0333. The number of pyridine rings is 1. The fourth-order valence-electron chi connectivity index (χ4n) is 4.89. The number of carbonyl (C=O) groups excluding carboxylic acids is 3. The Kier molecular flexibility index (Phi) is 10.6. The number of nitrogens with one attached hydrogen (secondary N) is 1. The molecule has 42 heavy (non-hydrogen) atoms. The molecule has 0 bridgehead atoms. The first-order valence-electron chi connectivity index (χ1n) is 14.0. The van der Waals surface area contributed by atoms with Gasteiger partial charge in [-0.25, -0.2) is 9.78 Å². The fourth-order valence-corrected chi connectivity index (χ4v) is 5.63. The molecule has 4 rings (SSSR count). The van der Waals surface area contributed by atoms with Crippen LogP contribution in [0, 0.1) is 0 Å². The van der Waals surface area contributed by atoms with Crippen LogP contribution in [0.1, 0.15) is 36.7 Å².